The van der Waals surface area contributed by atoms with Crippen molar-refractivity contribution in [3.05, 3.63) is 41.5 Å². The van der Waals surface area contributed by atoms with E-state index in [1.807, 2.05) is 27.0 Å². The Labute approximate surface area is 116 Å². The van der Waals surface area contributed by atoms with Crippen molar-refractivity contribution in [3.8, 4) is 11.1 Å². The van der Waals surface area contributed by atoms with Crippen molar-refractivity contribution in [2.24, 2.45) is 7.05 Å². The molecule has 0 saturated heterocycles. The normalized spacial score (nSPS) is 11.7. The molecule has 0 aliphatic heterocycles. The molecule has 0 bridgehead atoms. The zero-order valence-corrected chi connectivity index (χ0v) is 11.9. The van der Waals surface area contributed by atoms with Crippen LogP contribution >= 0.6 is 0 Å². The number of halogens is 1. The lowest BCUT2D eigenvalue weighted by Gasteiger charge is -2.17. The average molecular weight is 276 g/mol. The van der Waals surface area contributed by atoms with Gasteiger partial charge in [-0.05, 0) is 17.7 Å². The molecule has 2 rings (SSSR count). The summed E-state index contributed by atoms with van der Waals surface area (Å²) in [6.45, 7) is 6.08. The third kappa shape index (κ3) is 2.57. The van der Waals surface area contributed by atoms with E-state index < -0.39 is 11.8 Å². The first kappa shape index (κ1) is 14.2. The van der Waals surface area contributed by atoms with Crippen LogP contribution in [0.2, 0.25) is 0 Å². The second-order valence-corrected chi connectivity index (χ2v) is 5.81. The molecule has 0 saturated carbocycles. The van der Waals surface area contributed by atoms with Crippen molar-refractivity contribution in [1.29, 1.82) is 0 Å². The van der Waals surface area contributed by atoms with Crippen molar-refractivity contribution < 1.29 is 14.3 Å². The second-order valence-electron chi connectivity index (χ2n) is 5.81. The van der Waals surface area contributed by atoms with Crippen LogP contribution in [0.25, 0.3) is 11.1 Å². The summed E-state index contributed by atoms with van der Waals surface area (Å²) < 4.78 is 15.2. The Morgan fingerprint density at radius 2 is 2.00 bits per heavy atom. The van der Waals surface area contributed by atoms with E-state index >= 15 is 0 Å². The molecule has 5 heteroatoms. The Bertz CT molecular complexity index is 669. The SMILES string of the molecule is Cn1cc(-c2ccc(F)c(C(=O)O)c2)c(C(C)(C)C)n1. The van der Waals surface area contributed by atoms with Crippen LogP contribution in [0.4, 0.5) is 4.39 Å². The Kier molecular flexibility index (Phi) is 3.38. The van der Waals surface area contributed by atoms with Gasteiger partial charge in [0.2, 0.25) is 0 Å². The molecule has 0 amide bonds. The van der Waals surface area contributed by atoms with Crippen LogP contribution in [-0.2, 0) is 12.5 Å². The molecule has 0 atom stereocenters. The van der Waals surface area contributed by atoms with E-state index in [-0.39, 0.29) is 11.0 Å². The van der Waals surface area contributed by atoms with Crippen molar-refractivity contribution in [2.75, 3.05) is 0 Å². The highest BCUT2D eigenvalue weighted by Crippen LogP contribution is 2.32. The Balaban J connectivity index is 2.63. The van der Waals surface area contributed by atoms with Gasteiger partial charge in [-0.25, -0.2) is 9.18 Å². The van der Waals surface area contributed by atoms with E-state index in [0.717, 1.165) is 11.3 Å². The lowest BCUT2D eigenvalue weighted by Crippen LogP contribution is -2.14. The number of carboxylic acids is 1. The third-order valence-electron chi connectivity index (χ3n) is 3.05. The van der Waals surface area contributed by atoms with Gasteiger partial charge in [0.1, 0.15) is 5.82 Å². The number of benzene rings is 1. The highest BCUT2D eigenvalue weighted by atomic mass is 19.1. The van der Waals surface area contributed by atoms with E-state index in [2.05, 4.69) is 5.10 Å². The van der Waals surface area contributed by atoms with Gasteiger partial charge in [0.05, 0.1) is 11.3 Å². The number of hydrogen-bond acceptors (Lipinski definition) is 2. The molecule has 106 valence electrons. The van der Waals surface area contributed by atoms with Crippen molar-refractivity contribution in [3.63, 3.8) is 0 Å². The van der Waals surface area contributed by atoms with Gasteiger partial charge < -0.3 is 5.11 Å². The first-order valence-electron chi connectivity index (χ1n) is 6.27. The van der Waals surface area contributed by atoms with Crippen LogP contribution < -0.4 is 0 Å². The minimum Gasteiger partial charge on any atom is -0.478 e. The molecular formula is C15H17FN2O2. The molecule has 20 heavy (non-hydrogen) atoms. The third-order valence-corrected chi connectivity index (χ3v) is 3.05. The predicted molar refractivity (Wildman–Crippen MR) is 74.3 cm³/mol. The highest BCUT2D eigenvalue weighted by Gasteiger charge is 2.23. The van der Waals surface area contributed by atoms with Gasteiger partial charge in [0.15, 0.2) is 0 Å². The van der Waals surface area contributed by atoms with Crippen LogP contribution in [0.15, 0.2) is 24.4 Å². The fourth-order valence-corrected chi connectivity index (χ4v) is 2.11. The lowest BCUT2D eigenvalue weighted by atomic mass is 9.87. The molecule has 1 N–H and O–H groups in total. The molecule has 4 nitrogen and oxygen atoms in total. The largest absolute Gasteiger partial charge is 0.478 e. The number of carboxylic acid groups (broad SMARTS) is 1. The predicted octanol–water partition coefficient (Wildman–Crippen LogP) is 3.22. The van der Waals surface area contributed by atoms with Crippen LogP contribution in [0.5, 0.6) is 0 Å². The van der Waals surface area contributed by atoms with Crippen LogP contribution in [0, 0.1) is 5.82 Å². The van der Waals surface area contributed by atoms with Crippen molar-refractivity contribution in [1.82, 2.24) is 9.78 Å². The molecule has 0 radical (unpaired) electrons. The molecule has 0 unspecified atom stereocenters. The lowest BCUT2D eigenvalue weighted by molar-refractivity contribution is 0.0692. The van der Waals surface area contributed by atoms with E-state index in [0.29, 0.717) is 5.56 Å². The number of aromatic nitrogens is 2. The number of aryl methyl sites for hydroxylation is 1. The highest BCUT2D eigenvalue weighted by molar-refractivity contribution is 5.90. The quantitative estimate of drug-likeness (QED) is 0.916. The van der Waals surface area contributed by atoms with Crippen molar-refractivity contribution in [2.45, 2.75) is 26.2 Å². The molecule has 0 fully saturated rings. The van der Waals surface area contributed by atoms with Gasteiger partial charge in [-0.1, -0.05) is 26.8 Å². The first-order valence-corrected chi connectivity index (χ1v) is 6.27. The van der Waals surface area contributed by atoms with Crippen LogP contribution in [0.1, 0.15) is 36.8 Å². The number of aromatic carboxylic acids is 1. The smallest absolute Gasteiger partial charge is 0.338 e. The van der Waals surface area contributed by atoms with E-state index in [1.165, 1.54) is 12.1 Å². The Morgan fingerprint density at radius 1 is 1.35 bits per heavy atom. The number of nitrogens with zero attached hydrogens (tertiary/aromatic N) is 2. The van der Waals surface area contributed by atoms with E-state index in [9.17, 15) is 9.18 Å². The Morgan fingerprint density at radius 3 is 2.55 bits per heavy atom. The number of hydrogen-bond donors (Lipinski definition) is 1. The topological polar surface area (TPSA) is 55.1 Å². The maximum absolute atomic E-state index is 13.5. The standard InChI is InChI=1S/C15H17FN2O2/c1-15(2,3)13-11(8-18(4)17-13)9-5-6-12(16)10(7-9)14(19)20/h5-8H,1-4H3,(H,19,20). The fourth-order valence-electron chi connectivity index (χ4n) is 2.11. The molecule has 0 aliphatic rings. The van der Waals surface area contributed by atoms with Gasteiger partial charge in [-0.2, -0.15) is 5.10 Å². The molecule has 1 aromatic heterocycles. The van der Waals surface area contributed by atoms with Gasteiger partial charge in [-0.15, -0.1) is 0 Å². The van der Waals surface area contributed by atoms with Gasteiger partial charge in [-0.3, -0.25) is 4.68 Å². The molecule has 2 aromatic rings. The molecular weight excluding hydrogens is 259 g/mol. The van der Waals surface area contributed by atoms with Crippen LogP contribution in [0.3, 0.4) is 0 Å². The maximum atomic E-state index is 13.5. The minimum absolute atomic E-state index is 0.186. The summed E-state index contributed by atoms with van der Waals surface area (Å²) in [5, 5.41) is 13.4. The van der Waals surface area contributed by atoms with Gasteiger partial charge >= 0.3 is 5.97 Å². The van der Waals surface area contributed by atoms with Gasteiger partial charge in [0.25, 0.3) is 0 Å². The Hall–Kier alpha value is -2.17. The summed E-state index contributed by atoms with van der Waals surface area (Å²) in [7, 11) is 1.81. The number of carbonyl (C=O) groups is 1. The summed E-state index contributed by atoms with van der Waals surface area (Å²) in [4.78, 5) is 11.0. The summed E-state index contributed by atoms with van der Waals surface area (Å²) in [5.41, 5.74) is 1.81. The van der Waals surface area contributed by atoms with Crippen LogP contribution in [-0.4, -0.2) is 20.9 Å². The summed E-state index contributed by atoms with van der Waals surface area (Å²) >= 11 is 0. The molecule has 1 aromatic carbocycles. The summed E-state index contributed by atoms with van der Waals surface area (Å²) in [6, 6.07) is 4.11. The summed E-state index contributed by atoms with van der Waals surface area (Å²) in [5.74, 6) is -2.01. The monoisotopic (exact) mass is 276 g/mol. The van der Waals surface area contributed by atoms with Crippen molar-refractivity contribution >= 4 is 5.97 Å². The number of rotatable bonds is 2. The summed E-state index contributed by atoms with van der Waals surface area (Å²) in [6.07, 6.45) is 1.82. The minimum atomic E-state index is -1.27. The fraction of sp³-hybridized carbons (Fsp3) is 0.333. The average Bonchev–Trinajstić information content (AvgIpc) is 2.71. The molecule has 1 heterocycles. The van der Waals surface area contributed by atoms with E-state index in [1.54, 1.807) is 17.8 Å². The zero-order chi connectivity index (χ0) is 15.1. The molecule has 0 spiro atoms. The second kappa shape index (κ2) is 4.74. The first-order chi connectivity index (χ1) is 9.20. The maximum Gasteiger partial charge on any atom is 0.338 e. The van der Waals surface area contributed by atoms with E-state index in [4.69, 9.17) is 5.11 Å². The zero-order valence-electron chi connectivity index (χ0n) is 11.9. The van der Waals surface area contributed by atoms with Gasteiger partial charge in [0, 0.05) is 24.2 Å². The molecule has 0 aliphatic carbocycles.